The van der Waals surface area contributed by atoms with E-state index in [1.54, 1.807) is 0 Å². The Balaban J connectivity index is 1.96. The average Bonchev–Trinajstić information content (AvgIpc) is 2.90. The predicted molar refractivity (Wildman–Crippen MR) is 79.1 cm³/mol. The fourth-order valence-electron chi connectivity index (χ4n) is 2.39. The summed E-state index contributed by atoms with van der Waals surface area (Å²) >= 11 is 0. The SMILES string of the molecule is C=CC(Cc1ccccc1)n1cnc2ccccc21. The van der Waals surface area contributed by atoms with E-state index in [0.29, 0.717) is 0 Å². The second kappa shape index (κ2) is 5.11. The number of allylic oxidation sites excluding steroid dienone is 1. The molecule has 2 aromatic carbocycles. The lowest BCUT2D eigenvalue weighted by Gasteiger charge is -2.15. The molecule has 0 amide bonds. The zero-order valence-corrected chi connectivity index (χ0v) is 10.7. The number of imidazole rings is 1. The van der Waals surface area contributed by atoms with Crippen LogP contribution < -0.4 is 0 Å². The van der Waals surface area contributed by atoms with Crippen molar-refractivity contribution in [2.45, 2.75) is 12.5 Å². The molecule has 0 saturated carbocycles. The maximum Gasteiger partial charge on any atom is 0.0964 e. The summed E-state index contributed by atoms with van der Waals surface area (Å²) in [6, 6.07) is 18.9. The molecule has 0 radical (unpaired) electrons. The first kappa shape index (κ1) is 11.7. The maximum atomic E-state index is 4.44. The van der Waals surface area contributed by atoms with Gasteiger partial charge in [-0.25, -0.2) is 4.98 Å². The Hall–Kier alpha value is -2.35. The van der Waals surface area contributed by atoms with Crippen LogP contribution in [0.15, 0.2) is 73.6 Å². The smallest absolute Gasteiger partial charge is 0.0964 e. The standard InChI is InChI=1S/C17H16N2/c1-2-15(12-14-8-4-3-5-9-14)19-13-18-16-10-6-7-11-17(16)19/h2-11,13,15H,1,12H2. The molecule has 0 fully saturated rings. The number of hydrogen-bond donors (Lipinski definition) is 0. The number of fused-ring (bicyclic) bond motifs is 1. The van der Waals surface area contributed by atoms with Crippen molar-refractivity contribution < 1.29 is 0 Å². The lowest BCUT2D eigenvalue weighted by Crippen LogP contribution is -2.08. The van der Waals surface area contributed by atoms with Crippen LogP contribution in [-0.4, -0.2) is 9.55 Å². The topological polar surface area (TPSA) is 17.8 Å². The van der Waals surface area contributed by atoms with E-state index in [1.807, 2.05) is 36.7 Å². The molecule has 3 aromatic rings. The van der Waals surface area contributed by atoms with Gasteiger partial charge in [-0.1, -0.05) is 48.5 Å². The molecule has 1 heterocycles. The molecule has 3 rings (SSSR count). The minimum atomic E-state index is 0.231. The fourth-order valence-corrected chi connectivity index (χ4v) is 2.39. The minimum Gasteiger partial charge on any atom is -0.323 e. The number of benzene rings is 2. The summed E-state index contributed by atoms with van der Waals surface area (Å²) in [5.74, 6) is 0. The third-order valence-corrected chi connectivity index (χ3v) is 3.40. The van der Waals surface area contributed by atoms with Gasteiger partial charge in [0.15, 0.2) is 0 Å². The number of hydrogen-bond acceptors (Lipinski definition) is 1. The Morgan fingerprint density at radius 1 is 1.05 bits per heavy atom. The van der Waals surface area contributed by atoms with Crippen LogP contribution in [0.5, 0.6) is 0 Å². The van der Waals surface area contributed by atoms with Crippen molar-refractivity contribution in [2.75, 3.05) is 0 Å². The van der Waals surface area contributed by atoms with Crippen molar-refractivity contribution >= 4 is 11.0 Å². The van der Waals surface area contributed by atoms with E-state index in [2.05, 4.69) is 46.5 Å². The van der Waals surface area contributed by atoms with Crippen LogP contribution >= 0.6 is 0 Å². The molecule has 1 atom stereocenters. The maximum absolute atomic E-state index is 4.44. The van der Waals surface area contributed by atoms with E-state index in [4.69, 9.17) is 0 Å². The van der Waals surface area contributed by atoms with Gasteiger partial charge >= 0.3 is 0 Å². The van der Waals surface area contributed by atoms with Crippen LogP contribution in [0.4, 0.5) is 0 Å². The van der Waals surface area contributed by atoms with Gasteiger partial charge in [0, 0.05) is 0 Å². The Bertz CT molecular complexity index is 683. The number of rotatable bonds is 4. The van der Waals surface area contributed by atoms with E-state index >= 15 is 0 Å². The van der Waals surface area contributed by atoms with Gasteiger partial charge in [0.25, 0.3) is 0 Å². The first-order valence-corrected chi connectivity index (χ1v) is 6.46. The van der Waals surface area contributed by atoms with Gasteiger partial charge in [0.2, 0.25) is 0 Å². The van der Waals surface area contributed by atoms with Crippen LogP contribution in [0.2, 0.25) is 0 Å². The molecule has 1 unspecified atom stereocenters. The second-order valence-corrected chi connectivity index (χ2v) is 4.63. The summed E-state index contributed by atoms with van der Waals surface area (Å²) in [6.45, 7) is 3.97. The molecule has 19 heavy (non-hydrogen) atoms. The second-order valence-electron chi connectivity index (χ2n) is 4.63. The first-order valence-electron chi connectivity index (χ1n) is 6.46. The van der Waals surface area contributed by atoms with E-state index in [0.717, 1.165) is 17.5 Å². The molecule has 0 saturated heterocycles. The molecule has 0 aliphatic rings. The molecular weight excluding hydrogens is 232 g/mol. The Morgan fingerprint density at radius 2 is 1.79 bits per heavy atom. The summed E-state index contributed by atoms with van der Waals surface area (Å²) in [4.78, 5) is 4.44. The van der Waals surface area contributed by atoms with Gasteiger partial charge in [-0.15, -0.1) is 6.58 Å². The Morgan fingerprint density at radius 3 is 2.58 bits per heavy atom. The first-order chi connectivity index (χ1) is 9.38. The molecule has 1 aromatic heterocycles. The average molecular weight is 248 g/mol. The fraction of sp³-hybridized carbons (Fsp3) is 0.118. The molecule has 0 aliphatic carbocycles. The van der Waals surface area contributed by atoms with Crippen LogP contribution in [0.3, 0.4) is 0 Å². The number of aromatic nitrogens is 2. The van der Waals surface area contributed by atoms with Gasteiger partial charge in [0.1, 0.15) is 0 Å². The van der Waals surface area contributed by atoms with Gasteiger partial charge in [-0.05, 0) is 24.1 Å². The molecular formula is C17H16N2. The van der Waals surface area contributed by atoms with Gasteiger partial charge in [0.05, 0.1) is 23.4 Å². The highest BCUT2D eigenvalue weighted by Crippen LogP contribution is 2.21. The molecule has 94 valence electrons. The highest BCUT2D eigenvalue weighted by molar-refractivity contribution is 5.75. The lowest BCUT2D eigenvalue weighted by molar-refractivity contribution is 0.618. The normalized spacial score (nSPS) is 12.4. The zero-order valence-electron chi connectivity index (χ0n) is 10.7. The quantitative estimate of drug-likeness (QED) is 0.638. The van der Waals surface area contributed by atoms with Crippen molar-refractivity contribution in [2.24, 2.45) is 0 Å². The Kier molecular flexibility index (Phi) is 3.15. The molecule has 0 bridgehead atoms. The number of para-hydroxylation sites is 2. The molecule has 0 spiro atoms. The Labute approximate surface area is 113 Å². The summed E-state index contributed by atoms with van der Waals surface area (Å²) in [6.07, 6.45) is 4.83. The molecule has 2 nitrogen and oxygen atoms in total. The zero-order chi connectivity index (χ0) is 13.1. The third-order valence-electron chi connectivity index (χ3n) is 3.40. The van der Waals surface area contributed by atoms with Crippen LogP contribution in [0, 0.1) is 0 Å². The molecule has 0 aliphatic heterocycles. The predicted octanol–water partition coefficient (Wildman–Crippen LogP) is 4.01. The van der Waals surface area contributed by atoms with E-state index in [-0.39, 0.29) is 6.04 Å². The molecule has 2 heteroatoms. The van der Waals surface area contributed by atoms with Crippen LogP contribution in [0.1, 0.15) is 11.6 Å². The summed E-state index contributed by atoms with van der Waals surface area (Å²) in [7, 11) is 0. The number of nitrogens with zero attached hydrogens (tertiary/aromatic N) is 2. The minimum absolute atomic E-state index is 0.231. The summed E-state index contributed by atoms with van der Waals surface area (Å²) < 4.78 is 2.19. The van der Waals surface area contributed by atoms with Gasteiger partial charge in [-0.2, -0.15) is 0 Å². The highest BCUT2D eigenvalue weighted by atomic mass is 15.1. The summed E-state index contributed by atoms with van der Waals surface area (Å²) in [5.41, 5.74) is 3.50. The van der Waals surface area contributed by atoms with Crippen molar-refractivity contribution in [3.8, 4) is 0 Å². The van der Waals surface area contributed by atoms with Crippen LogP contribution in [-0.2, 0) is 6.42 Å². The van der Waals surface area contributed by atoms with Crippen molar-refractivity contribution in [3.05, 3.63) is 79.1 Å². The van der Waals surface area contributed by atoms with E-state index in [9.17, 15) is 0 Å². The van der Waals surface area contributed by atoms with E-state index < -0.39 is 0 Å². The largest absolute Gasteiger partial charge is 0.323 e. The summed E-state index contributed by atoms with van der Waals surface area (Å²) in [5, 5.41) is 0. The monoisotopic (exact) mass is 248 g/mol. The van der Waals surface area contributed by atoms with Crippen LogP contribution in [0.25, 0.3) is 11.0 Å². The molecule has 0 N–H and O–H groups in total. The van der Waals surface area contributed by atoms with Crippen molar-refractivity contribution in [3.63, 3.8) is 0 Å². The van der Waals surface area contributed by atoms with Gasteiger partial charge < -0.3 is 4.57 Å². The van der Waals surface area contributed by atoms with Crippen molar-refractivity contribution in [1.29, 1.82) is 0 Å². The lowest BCUT2D eigenvalue weighted by atomic mass is 10.1. The van der Waals surface area contributed by atoms with Gasteiger partial charge in [-0.3, -0.25) is 0 Å². The highest BCUT2D eigenvalue weighted by Gasteiger charge is 2.11. The van der Waals surface area contributed by atoms with E-state index in [1.165, 1.54) is 5.56 Å². The van der Waals surface area contributed by atoms with Crippen molar-refractivity contribution in [1.82, 2.24) is 9.55 Å². The third kappa shape index (κ3) is 2.29.